The van der Waals surface area contributed by atoms with Crippen LogP contribution in [0.2, 0.25) is 0 Å². The zero-order chi connectivity index (χ0) is 28.9. The first-order chi connectivity index (χ1) is 19.0. The minimum atomic E-state index is -4.58. The van der Waals surface area contributed by atoms with E-state index in [0.29, 0.717) is 29.4 Å². The SMILES string of the molecule is Cc1ccc(NC(=O)c2cccc(C(F)(F)F)c2)cc1NC(=O)N(C)c1cc(NCc2ccc(F)cc2)ncn1. The zero-order valence-corrected chi connectivity index (χ0v) is 21.4. The van der Waals surface area contributed by atoms with Gasteiger partial charge in [0.05, 0.1) is 5.56 Å². The number of nitrogens with zero attached hydrogens (tertiary/aromatic N) is 3. The Kier molecular flexibility index (Phi) is 8.27. The molecule has 0 aliphatic carbocycles. The first-order valence-electron chi connectivity index (χ1n) is 11.9. The number of hydrogen-bond donors (Lipinski definition) is 3. The number of halogens is 4. The van der Waals surface area contributed by atoms with Crippen LogP contribution in [0.5, 0.6) is 0 Å². The number of alkyl halides is 3. The summed E-state index contributed by atoms with van der Waals surface area (Å²) in [6.45, 7) is 2.13. The molecule has 3 amide bonds. The number of urea groups is 1. The van der Waals surface area contributed by atoms with Crippen molar-refractivity contribution in [2.24, 2.45) is 0 Å². The fourth-order valence-corrected chi connectivity index (χ4v) is 3.60. The van der Waals surface area contributed by atoms with E-state index < -0.39 is 23.7 Å². The lowest BCUT2D eigenvalue weighted by Crippen LogP contribution is -2.32. The highest BCUT2D eigenvalue weighted by Crippen LogP contribution is 2.30. The van der Waals surface area contributed by atoms with E-state index in [1.165, 1.54) is 42.5 Å². The average Bonchev–Trinajstić information content (AvgIpc) is 2.94. The third kappa shape index (κ3) is 7.10. The molecule has 0 spiro atoms. The number of hydrogen-bond acceptors (Lipinski definition) is 5. The molecule has 0 bridgehead atoms. The summed E-state index contributed by atoms with van der Waals surface area (Å²) in [5.74, 6) is -0.323. The maximum atomic E-state index is 13.1. The Morgan fingerprint density at radius 2 is 1.68 bits per heavy atom. The van der Waals surface area contributed by atoms with Crippen LogP contribution in [0.4, 0.5) is 45.4 Å². The van der Waals surface area contributed by atoms with Gasteiger partial charge in [-0.15, -0.1) is 0 Å². The third-order valence-electron chi connectivity index (χ3n) is 5.88. The number of anilines is 4. The summed E-state index contributed by atoms with van der Waals surface area (Å²) in [4.78, 5) is 35.1. The Morgan fingerprint density at radius 1 is 0.925 bits per heavy atom. The van der Waals surface area contributed by atoms with E-state index in [-0.39, 0.29) is 17.1 Å². The Bertz CT molecular complexity index is 1530. The number of nitrogens with one attached hydrogen (secondary N) is 3. The van der Waals surface area contributed by atoms with Crippen LogP contribution in [0.1, 0.15) is 27.0 Å². The van der Waals surface area contributed by atoms with Crippen molar-refractivity contribution in [3.63, 3.8) is 0 Å². The van der Waals surface area contributed by atoms with Gasteiger partial charge < -0.3 is 16.0 Å². The van der Waals surface area contributed by atoms with Crippen molar-refractivity contribution in [1.29, 1.82) is 0 Å². The third-order valence-corrected chi connectivity index (χ3v) is 5.88. The molecular weight excluding hydrogens is 528 g/mol. The highest BCUT2D eigenvalue weighted by Gasteiger charge is 2.31. The Hall–Kier alpha value is -5.00. The van der Waals surface area contributed by atoms with Crippen molar-refractivity contribution in [1.82, 2.24) is 9.97 Å². The van der Waals surface area contributed by atoms with Crippen molar-refractivity contribution in [2.75, 3.05) is 27.9 Å². The van der Waals surface area contributed by atoms with Crippen LogP contribution in [-0.4, -0.2) is 29.0 Å². The van der Waals surface area contributed by atoms with Crippen LogP contribution in [0.25, 0.3) is 0 Å². The van der Waals surface area contributed by atoms with Crippen LogP contribution >= 0.6 is 0 Å². The van der Waals surface area contributed by atoms with E-state index >= 15 is 0 Å². The summed E-state index contributed by atoms with van der Waals surface area (Å²) in [6.07, 6.45) is -3.28. The number of benzene rings is 3. The Labute approximate surface area is 227 Å². The second-order valence-electron chi connectivity index (χ2n) is 8.79. The van der Waals surface area contributed by atoms with E-state index in [1.54, 1.807) is 37.3 Å². The molecule has 0 atom stereocenters. The molecule has 0 fully saturated rings. The highest BCUT2D eigenvalue weighted by atomic mass is 19.4. The van der Waals surface area contributed by atoms with Crippen molar-refractivity contribution in [2.45, 2.75) is 19.6 Å². The lowest BCUT2D eigenvalue weighted by atomic mass is 10.1. The summed E-state index contributed by atoms with van der Waals surface area (Å²) >= 11 is 0. The summed E-state index contributed by atoms with van der Waals surface area (Å²) in [5.41, 5.74) is 1.08. The zero-order valence-electron chi connectivity index (χ0n) is 21.4. The molecule has 3 aromatic carbocycles. The molecule has 0 aliphatic rings. The summed E-state index contributed by atoms with van der Waals surface area (Å²) in [7, 11) is 1.51. The van der Waals surface area contributed by atoms with E-state index in [1.807, 2.05) is 0 Å². The first-order valence-corrected chi connectivity index (χ1v) is 11.9. The van der Waals surface area contributed by atoms with E-state index in [4.69, 9.17) is 0 Å². The number of carbonyl (C=O) groups is 2. The van der Waals surface area contributed by atoms with E-state index in [9.17, 15) is 27.2 Å². The molecule has 3 N–H and O–H groups in total. The Morgan fingerprint density at radius 3 is 2.40 bits per heavy atom. The number of aryl methyl sites for hydroxylation is 1. The molecule has 1 heterocycles. The summed E-state index contributed by atoms with van der Waals surface area (Å²) in [5, 5.41) is 8.39. The molecule has 12 heteroatoms. The van der Waals surface area contributed by atoms with Crippen LogP contribution in [0.15, 0.2) is 79.1 Å². The fourth-order valence-electron chi connectivity index (χ4n) is 3.60. The molecule has 0 saturated carbocycles. The van der Waals surface area contributed by atoms with E-state index in [2.05, 4.69) is 25.9 Å². The largest absolute Gasteiger partial charge is 0.416 e. The number of amides is 3. The summed E-state index contributed by atoms with van der Waals surface area (Å²) in [6, 6.07) is 15.8. The monoisotopic (exact) mass is 552 g/mol. The lowest BCUT2D eigenvalue weighted by Gasteiger charge is -2.19. The fraction of sp³-hybridized carbons (Fsp3) is 0.143. The van der Waals surface area contributed by atoms with Gasteiger partial charge in [0.15, 0.2) is 0 Å². The molecule has 4 aromatic rings. The second kappa shape index (κ2) is 11.8. The normalized spacial score (nSPS) is 11.1. The number of carbonyl (C=O) groups excluding carboxylic acids is 2. The summed E-state index contributed by atoms with van der Waals surface area (Å²) < 4.78 is 52.1. The average molecular weight is 553 g/mol. The number of rotatable bonds is 7. The first kappa shape index (κ1) is 28.0. The highest BCUT2D eigenvalue weighted by molar-refractivity contribution is 6.05. The second-order valence-corrected chi connectivity index (χ2v) is 8.79. The quantitative estimate of drug-likeness (QED) is 0.228. The molecule has 0 unspecified atom stereocenters. The van der Waals surface area contributed by atoms with Crippen molar-refractivity contribution in [3.8, 4) is 0 Å². The predicted octanol–water partition coefficient (Wildman–Crippen LogP) is 6.48. The standard InChI is InChI=1S/C28H24F4N6O2/c1-17-6-11-22(36-26(39)19-4-3-5-20(12-19)28(30,31)32)13-23(17)37-27(40)38(2)25-14-24(34-16-35-25)33-15-18-7-9-21(29)10-8-18/h3-14,16H,15H2,1-2H3,(H,36,39)(H,37,40)(H,33,34,35). The van der Waals surface area contributed by atoms with Gasteiger partial charge in [-0.1, -0.05) is 24.3 Å². The van der Waals surface area contributed by atoms with Crippen molar-refractivity contribution >= 4 is 34.9 Å². The lowest BCUT2D eigenvalue weighted by molar-refractivity contribution is -0.137. The molecular formula is C28H24F4N6O2. The van der Waals surface area contributed by atoms with Crippen LogP contribution < -0.4 is 20.9 Å². The smallest absolute Gasteiger partial charge is 0.366 e. The Balaban J connectivity index is 1.42. The van der Waals surface area contributed by atoms with Gasteiger partial charge in [0.25, 0.3) is 5.91 Å². The van der Waals surface area contributed by atoms with E-state index in [0.717, 1.165) is 23.8 Å². The van der Waals surface area contributed by atoms with Gasteiger partial charge in [0.2, 0.25) is 0 Å². The van der Waals surface area contributed by atoms with Gasteiger partial charge in [-0.2, -0.15) is 13.2 Å². The van der Waals surface area contributed by atoms with Crippen LogP contribution in [0.3, 0.4) is 0 Å². The van der Waals surface area contributed by atoms with Gasteiger partial charge in [0.1, 0.15) is 23.8 Å². The molecule has 40 heavy (non-hydrogen) atoms. The van der Waals surface area contributed by atoms with Gasteiger partial charge >= 0.3 is 12.2 Å². The molecule has 0 saturated heterocycles. The minimum absolute atomic E-state index is 0.159. The van der Waals surface area contributed by atoms with Gasteiger partial charge in [-0.3, -0.25) is 9.69 Å². The maximum Gasteiger partial charge on any atom is 0.416 e. The van der Waals surface area contributed by atoms with Crippen LogP contribution in [0, 0.1) is 12.7 Å². The molecule has 206 valence electrons. The minimum Gasteiger partial charge on any atom is -0.366 e. The maximum absolute atomic E-state index is 13.1. The van der Waals surface area contributed by atoms with Crippen molar-refractivity contribution < 1.29 is 27.2 Å². The van der Waals surface area contributed by atoms with Gasteiger partial charge in [-0.05, 0) is 60.5 Å². The van der Waals surface area contributed by atoms with Crippen LogP contribution in [-0.2, 0) is 12.7 Å². The number of aromatic nitrogens is 2. The molecule has 8 nitrogen and oxygen atoms in total. The predicted molar refractivity (Wildman–Crippen MR) is 144 cm³/mol. The molecule has 0 aliphatic heterocycles. The molecule has 0 radical (unpaired) electrons. The topological polar surface area (TPSA) is 99.2 Å². The molecule has 1 aromatic heterocycles. The van der Waals surface area contributed by atoms with Gasteiger partial charge in [-0.25, -0.2) is 19.2 Å². The molecule has 4 rings (SSSR count). The van der Waals surface area contributed by atoms with Gasteiger partial charge in [0, 0.05) is 36.6 Å². The van der Waals surface area contributed by atoms with Crippen molar-refractivity contribution in [3.05, 3.63) is 107 Å².